The fourth-order valence-electron chi connectivity index (χ4n) is 3.68. The lowest BCUT2D eigenvalue weighted by molar-refractivity contribution is 0.460. The van der Waals surface area contributed by atoms with E-state index in [1.807, 2.05) is 36.4 Å². The summed E-state index contributed by atoms with van der Waals surface area (Å²) in [6.07, 6.45) is 5.74. The third-order valence-corrected chi connectivity index (χ3v) is 6.06. The van der Waals surface area contributed by atoms with Crippen molar-refractivity contribution < 1.29 is 4.74 Å². The Morgan fingerprint density at radius 2 is 1.71 bits per heavy atom. The molecule has 1 fully saturated rings. The summed E-state index contributed by atoms with van der Waals surface area (Å²) in [5, 5.41) is 0. The summed E-state index contributed by atoms with van der Waals surface area (Å²) in [6.45, 7) is 2.00. The van der Waals surface area contributed by atoms with Gasteiger partial charge in [0.1, 0.15) is 11.2 Å². The van der Waals surface area contributed by atoms with Crippen molar-refractivity contribution in [2.45, 2.75) is 23.2 Å². The predicted molar refractivity (Wildman–Crippen MR) is 112 cm³/mol. The van der Waals surface area contributed by atoms with Gasteiger partial charge in [0.15, 0.2) is 5.82 Å². The third kappa shape index (κ3) is 3.16. The number of anilines is 3. The lowest BCUT2D eigenvalue weighted by Gasteiger charge is -2.24. The van der Waals surface area contributed by atoms with E-state index in [0.29, 0.717) is 5.88 Å². The highest BCUT2D eigenvalue weighted by Crippen LogP contribution is 2.45. The lowest BCUT2D eigenvalue weighted by Crippen LogP contribution is -2.31. The number of nitrogens with zero attached hydrogens (tertiary/aromatic N) is 4. The highest BCUT2D eigenvalue weighted by molar-refractivity contribution is 8.00. The van der Waals surface area contributed by atoms with Crippen molar-refractivity contribution in [2.75, 3.05) is 22.9 Å². The molecule has 142 valence electrons. The van der Waals surface area contributed by atoms with Gasteiger partial charge in [-0.3, -0.25) is 0 Å². The van der Waals surface area contributed by atoms with E-state index in [1.54, 1.807) is 24.2 Å². The van der Waals surface area contributed by atoms with Crippen LogP contribution in [0.25, 0.3) is 0 Å². The second-order valence-electron chi connectivity index (χ2n) is 6.82. The van der Waals surface area contributed by atoms with E-state index in [0.717, 1.165) is 36.0 Å². The van der Waals surface area contributed by atoms with E-state index >= 15 is 0 Å². The Labute approximate surface area is 168 Å². The van der Waals surface area contributed by atoms with Crippen molar-refractivity contribution >= 4 is 29.0 Å². The molecular weight excluding hydrogens is 370 g/mol. The molecule has 3 heterocycles. The Morgan fingerprint density at radius 1 is 0.964 bits per heavy atom. The molecule has 0 radical (unpaired) electrons. The lowest BCUT2D eigenvalue weighted by atomic mass is 10.2. The van der Waals surface area contributed by atoms with E-state index in [1.165, 1.54) is 17.7 Å². The van der Waals surface area contributed by atoms with Gasteiger partial charge in [0, 0.05) is 36.1 Å². The number of hydrogen-bond donors (Lipinski definition) is 1. The number of benzene rings is 2. The summed E-state index contributed by atoms with van der Waals surface area (Å²) in [6, 6.07) is 16.3. The molecule has 0 saturated carbocycles. The Kier molecular flexibility index (Phi) is 4.54. The van der Waals surface area contributed by atoms with Gasteiger partial charge < -0.3 is 20.3 Å². The van der Waals surface area contributed by atoms with Gasteiger partial charge in [-0.15, -0.1) is 0 Å². The van der Waals surface area contributed by atoms with Gasteiger partial charge in [-0.2, -0.15) is 0 Å². The molecule has 1 atom stereocenters. The molecule has 0 bridgehead atoms. The molecule has 3 aromatic rings. The molecule has 7 heteroatoms. The number of aromatic nitrogens is 2. The topological polar surface area (TPSA) is 67.5 Å². The number of ether oxygens (including phenoxy) is 1. The standard InChI is InChI=1S/C21H21N5OS/c22-21-26(17-5-1-2-6-18(17)28-21)15-7-9-16(10-8-15)27-20-19(23-11-12-24-20)25-13-3-4-14-25/h1-2,5-12,21H,3-4,13-14,22H2. The van der Waals surface area contributed by atoms with E-state index in [-0.39, 0.29) is 5.50 Å². The molecule has 2 aliphatic heterocycles. The first-order valence-corrected chi connectivity index (χ1v) is 10.3. The maximum absolute atomic E-state index is 6.35. The molecule has 0 aliphatic carbocycles. The summed E-state index contributed by atoms with van der Waals surface area (Å²) >= 11 is 1.67. The van der Waals surface area contributed by atoms with Crippen LogP contribution in [-0.4, -0.2) is 28.6 Å². The summed E-state index contributed by atoms with van der Waals surface area (Å²) in [5.74, 6) is 2.10. The van der Waals surface area contributed by atoms with Gasteiger partial charge in [-0.25, -0.2) is 9.97 Å². The molecule has 0 spiro atoms. The zero-order valence-electron chi connectivity index (χ0n) is 15.4. The van der Waals surface area contributed by atoms with Crippen LogP contribution in [0, 0.1) is 0 Å². The van der Waals surface area contributed by atoms with Crippen molar-refractivity contribution in [3.8, 4) is 11.6 Å². The number of para-hydroxylation sites is 1. The first kappa shape index (κ1) is 17.3. The van der Waals surface area contributed by atoms with E-state index in [2.05, 4.69) is 31.9 Å². The Hall–Kier alpha value is -2.77. The van der Waals surface area contributed by atoms with Gasteiger partial charge in [0.25, 0.3) is 5.88 Å². The molecule has 1 saturated heterocycles. The van der Waals surface area contributed by atoms with E-state index < -0.39 is 0 Å². The maximum atomic E-state index is 6.35. The van der Waals surface area contributed by atoms with Gasteiger partial charge in [0.05, 0.1) is 5.69 Å². The summed E-state index contributed by atoms with van der Waals surface area (Å²) in [5.41, 5.74) is 8.39. The molecule has 28 heavy (non-hydrogen) atoms. The molecule has 2 aliphatic rings. The van der Waals surface area contributed by atoms with Crippen molar-refractivity contribution in [1.29, 1.82) is 0 Å². The Balaban J connectivity index is 1.38. The van der Waals surface area contributed by atoms with Crippen LogP contribution in [0.15, 0.2) is 65.8 Å². The Bertz CT molecular complexity index is 975. The number of thioether (sulfide) groups is 1. The molecule has 2 N–H and O–H groups in total. The molecule has 1 unspecified atom stereocenters. The van der Waals surface area contributed by atoms with Gasteiger partial charge in [-0.05, 0) is 49.2 Å². The second kappa shape index (κ2) is 7.33. The summed E-state index contributed by atoms with van der Waals surface area (Å²) < 4.78 is 6.07. The monoisotopic (exact) mass is 391 g/mol. The van der Waals surface area contributed by atoms with Crippen molar-refractivity contribution in [3.05, 3.63) is 60.9 Å². The molecule has 2 aromatic carbocycles. The average molecular weight is 392 g/mol. The first-order valence-electron chi connectivity index (χ1n) is 9.44. The largest absolute Gasteiger partial charge is 0.436 e. The zero-order valence-corrected chi connectivity index (χ0v) is 16.2. The molecule has 1 aromatic heterocycles. The maximum Gasteiger partial charge on any atom is 0.263 e. The van der Waals surface area contributed by atoms with Gasteiger partial charge in [-0.1, -0.05) is 23.9 Å². The fraction of sp³-hybridized carbons (Fsp3) is 0.238. The predicted octanol–water partition coefficient (Wildman–Crippen LogP) is 4.36. The minimum atomic E-state index is -0.133. The van der Waals surface area contributed by atoms with Crippen LogP contribution in [-0.2, 0) is 0 Å². The fourth-order valence-corrected chi connectivity index (χ4v) is 4.73. The van der Waals surface area contributed by atoms with Crippen LogP contribution in [0.4, 0.5) is 17.2 Å². The quantitative estimate of drug-likeness (QED) is 0.709. The van der Waals surface area contributed by atoms with Crippen molar-refractivity contribution in [1.82, 2.24) is 9.97 Å². The van der Waals surface area contributed by atoms with Crippen LogP contribution in [0.5, 0.6) is 11.6 Å². The van der Waals surface area contributed by atoms with Crippen LogP contribution in [0.3, 0.4) is 0 Å². The summed E-state index contributed by atoms with van der Waals surface area (Å²) in [4.78, 5) is 14.5. The zero-order chi connectivity index (χ0) is 18.9. The highest BCUT2D eigenvalue weighted by Gasteiger charge is 2.28. The normalized spacial score (nSPS) is 18.4. The summed E-state index contributed by atoms with van der Waals surface area (Å²) in [7, 11) is 0. The number of hydrogen-bond acceptors (Lipinski definition) is 7. The number of rotatable bonds is 4. The first-order chi connectivity index (χ1) is 13.8. The SMILES string of the molecule is NC1Sc2ccccc2N1c1ccc(Oc2nccnc2N2CCCC2)cc1. The highest BCUT2D eigenvalue weighted by atomic mass is 32.2. The molecule has 0 amide bonds. The minimum Gasteiger partial charge on any atom is -0.436 e. The van der Waals surface area contributed by atoms with Crippen LogP contribution in [0.2, 0.25) is 0 Å². The van der Waals surface area contributed by atoms with Gasteiger partial charge in [0.2, 0.25) is 0 Å². The third-order valence-electron chi connectivity index (χ3n) is 5.01. The van der Waals surface area contributed by atoms with Crippen molar-refractivity contribution in [3.63, 3.8) is 0 Å². The van der Waals surface area contributed by atoms with Crippen LogP contribution in [0.1, 0.15) is 12.8 Å². The van der Waals surface area contributed by atoms with E-state index in [9.17, 15) is 0 Å². The van der Waals surface area contributed by atoms with Gasteiger partial charge >= 0.3 is 0 Å². The minimum absolute atomic E-state index is 0.133. The number of fused-ring (bicyclic) bond motifs is 1. The molecule has 5 rings (SSSR count). The molecule has 6 nitrogen and oxygen atoms in total. The van der Waals surface area contributed by atoms with Crippen LogP contribution < -0.4 is 20.3 Å². The number of nitrogens with two attached hydrogens (primary N) is 1. The smallest absolute Gasteiger partial charge is 0.263 e. The van der Waals surface area contributed by atoms with Crippen LogP contribution >= 0.6 is 11.8 Å². The molecular formula is C21H21N5OS. The second-order valence-corrected chi connectivity index (χ2v) is 7.98. The Morgan fingerprint density at radius 3 is 2.54 bits per heavy atom. The average Bonchev–Trinajstić information content (AvgIpc) is 3.36. The van der Waals surface area contributed by atoms with Crippen molar-refractivity contribution in [2.24, 2.45) is 5.73 Å². The van der Waals surface area contributed by atoms with E-state index in [4.69, 9.17) is 10.5 Å².